The summed E-state index contributed by atoms with van der Waals surface area (Å²) >= 11 is 1.24. The van der Waals surface area contributed by atoms with E-state index in [0.29, 0.717) is 30.1 Å². The molecule has 0 aliphatic carbocycles. The predicted octanol–water partition coefficient (Wildman–Crippen LogP) is 2.36. The van der Waals surface area contributed by atoms with E-state index in [-0.39, 0.29) is 30.2 Å². The first kappa shape index (κ1) is 23.5. The van der Waals surface area contributed by atoms with Crippen LogP contribution >= 0.6 is 11.3 Å². The average molecular weight is 433 g/mol. The van der Waals surface area contributed by atoms with Crippen LogP contribution in [0.2, 0.25) is 0 Å². The van der Waals surface area contributed by atoms with Crippen molar-refractivity contribution in [2.75, 3.05) is 25.5 Å². The van der Waals surface area contributed by atoms with Crippen molar-refractivity contribution >= 4 is 34.2 Å². The van der Waals surface area contributed by atoms with Crippen LogP contribution in [-0.4, -0.2) is 53.9 Å². The largest absolute Gasteiger partial charge is 0.357 e. The van der Waals surface area contributed by atoms with Crippen LogP contribution in [0.1, 0.15) is 51.8 Å². The van der Waals surface area contributed by atoms with Crippen LogP contribution in [0.4, 0.5) is 5.13 Å². The number of terminal acetylenes is 1. The van der Waals surface area contributed by atoms with Gasteiger partial charge in [0, 0.05) is 58.1 Å². The van der Waals surface area contributed by atoms with E-state index < -0.39 is 11.7 Å². The van der Waals surface area contributed by atoms with Crippen LogP contribution in [0.25, 0.3) is 0 Å². The first-order valence-corrected chi connectivity index (χ1v) is 10.6. The number of rotatable bonds is 10. The lowest BCUT2D eigenvalue weighted by molar-refractivity contribution is -0.143. The van der Waals surface area contributed by atoms with Gasteiger partial charge in [-0.2, -0.15) is 10.2 Å². The predicted molar refractivity (Wildman–Crippen MR) is 115 cm³/mol. The fourth-order valence-corrected chi connectivity index (χ4v) is 3.78. The minimum atomic E-state index is -0.918. The summed E-state index contributed by atoms with van der Waals surface area (Å²) < 4.78 is 0. The van der Waals surface area contributed by atoms with Crippen LogP contribution in [0, 0.1) is 18.3 Å². The van der Waals surface area contributed by atoms with E-state index in [9.17, 15) is 14.4 Å². The van der Waals surface area contributed by atoms with Crippen LogP contribution in [-0.2, 0) is 14.4 Å². The molecule has 0 saturated carbocycles. The maximum Gasteiger partial charge on any atom is 0.248 e. The summed E-state index contributed by atoms with van der Waals surface area (Å²) in [5, 5.41) is 13.0. The Morgan fingerprint density at radius 3 is 2.47 bits per heavy atom. The zero-order valence-corrected chi connectivity index (χ0v) is 18.8. The molecule has 3 amide bonds. The molecule has 0 spiro atoms. The highest BCUT2D eigenvalue weighted by Crippen LogP contribution is 2.38. The van der Waals surface area contributed by atoms with E-state index >= 15 is 0 Å². The van der Waals surface area contributed by atoms with Crippen molar-refractivity contribution in [2.24, 2.45) is 16.1 Å². The molecule has 1 atom stereocenters. The van der Waals surface area contributed by atoms with Crippen LogP contribution in [0.15, 0.2) is 15.6 Å². The van der Waals surface area contributed by atoms with Gasteiger partial charge in [0.25, 0.3) is 0 Å². The number of carbonyl (C=O) groups excluding carboxylic acids is 3. The number of aromatic nitrogens is 1. The van der Waals surface area contributed by atoms with Crippen molar-refractivity contribution in [3.63, 3.8) is 0 Å². The van der Waals surface area contributed by atoms with Gasteiger partial charge < -0.3 is 10.2 Å². The van der Waals surface area contributed by atoms with Crippen LogP contribution in [0.5, 0.6) is 0 Å². The van der Waals surface area contributed by atoms with E-state index in [0.717, 1.165) is 0 Å². The summed E-state index contributed by atoms with van der Waals surface area (Å²) in [5.74, 6) is 1.57. The van der Waals surface area contributed by atoms with Gasteiger partial charge in [-0.05, 0) is 0 Å². The molecule has 0 fully saturated rings. The SMILES string of the molecule is C#CCCC1(CCN(C(=O)C(C)C)C(C(=O)NC)c2csc(N(C)C(C)=O)n2)N=N1. The Labute approximate surface area is 180 Å². The average Bonchev–Trinajstić information content (AvgIpc) is 3.33. The number of likely N-dealkylation sites (N-methyl/N-ethyl adjacent to an activating group) is 1. The fourth-order valence-electron chi connectivity index (χ4n) is 2.93. The minimum absolute atomic E-state index is 0.171. The van der Waals surface area contributed by atoms with Crippen molar-refractivity contribution in [2.45, 2.75) is 51.7 Å². The fraction of sp³-hybridized carbons (Fsp3) is 0.600. The van der Waals surface area contributed by atoms with Gasteiger partial charge in [0.15, 0.2) is 16.8 Å². The second kappa shape index (κ2) is 9.80. The number of nitrogens with one attached hydrogen (secondary N) is 1. The molecular weight excluding hydrogens is 404 g/mol. The van der Waals surface area contributed by atoms with Gasteiger partial charge in [-0.15, -0.1) is 23.7 Å². The zero-order valence-electron chi connectivity index (χ0n) is 18.0. The van der Waals surface area contributed by atoms with Crippen molar-refractivity contribution in [1.29, 1.82) is 0 Å². The molecule has 0 radical (unpaired) electrons. The summed E-state index contributed by atoms with van der Waals surface area (Å²) in [5.41, 5.74) is -0.157. The summed E-state index contributed by atoms with van der Waals surface area (Å²) in [4.78, 5) is 44.9. The second-order valence-corrected chi connectivity index (χ2v) is 8.31. The van der Waals surface area contributed by atoms with Crippen molar-refractivity contribution in [1.82, 2.24) is 15.2 Å². The summed E-state index contributed by atoms with van der Waals surface area (Å²) in [6.45, 7) is 5.28. The molecule has 2 heterocycles. The van der Waals surface area contributed by atoms with E-state index in [1.54, 1.807) is 26.3 Å². The van der Waals surface area contributed by atoms with Gasteiger partial charge >= 0.3 is 0 Å². The third kappa shape index (κ3) is 5.42. The normalized spacial score (nSPS) is 14.7. The quantitative estimate of drug-likeness (QED) is 0.573. The number of carbonyl (C=O) groups is 3. The van der Waals surface area contributed by atoms with E-state index in [4.69, 9.17) is 6.42 Å². The highest BCUT2D eigenvalue weighted by atomic mass is 32.1. The second-order valence-electron chi connectivity index (χ2n) is 7.47. The third-order valence-corrected chi connectivity index (χ3v) is 5.87. The molecule has 1 N–H and O–H groups in total. The number of anilines is 1. The molecule has 0 aromatic carbocycles. The highest BCUT2D eigenvalue weighted by Gasteiger charge is 2.42. The molecule has 10 heteroatoms. The molecule has 9 nitrogen and oxygen atoms in total. The molecular formula is C20H28N6O3S. The third-order valence-electron chi connectivity index (χ3n) is 4.94. The standard InChI is InChI=1S/C20H28N6O3S/c1-7-8-9-20(23-24-20)10-11-26(18(29)13(2)3)16(17(28)21-5)15-12-30-19(22-15)25(6)14(4)27/h1,12-13,16H,8-11H2,2-6H3,(H,21,28). The highest BCUT2D eigenvalue weighted by molar-refractivity contribution is 7.14. The summed E-state index contributed by atoms with van der Waals surface area (Å²) in [6.07, 6.45) is 6.98. The van der Waals surface area contributed by atoms with E-state index in [1.807, 2.05) is 0 Å². The lowest BCUT2D eigenvalue weighted by Gasteiger charge is -2.31. The Morgan fingerprint density at radius 1 is 1.30 bits per heavy atom. The number of amides is 3. The topological polar surface area (TPSA) is 107 Å². The van der Waals surface area contributed by atoms with E-state index in [2.05, 4.69) is 26.4 Å². The Morgan fingerprint density at radius 2 is 1.97 bits per heavy atom. The molecule has 0 bridgehead atoms. The Bertz CT molecular complexity index is 866. The summed E-state index contributed by atoms with van der Waals surface area (Å²) in [6, 6.07) is -0.918. The lowest BCUT2D eigenvalue weighted by atomic mass is 10.0. The van der Waals surface area contributed by atoms with Crippen LogP contribution < -0.4 is 10.2 Å². The molecule has 1 aliphatic heterocycles. The number of hydrogen-bond donors (Lipinski definition) is 1. The summed E-state index contributed by atoms with van der Waals surface area (Å²) in [7, 11) is 3.13. The Hall–Kier alpha value is -2.80. The number of nitrogens with zero attached hydrogens (tertiary/aromatic N) is 5. The van der Waals surface area contributed by atoms with Crippen LogP contribution in [0.3, 0.4) is 0 Å². The molecule has 1 aromatic heterocycles. The lowest BCUT2D eigenvalue weighted by Crippen LogP contribution is -2.46. The molecule has 1 aliphatic rings. The molecule has 162 valence electrons. The minimum Gasteiger partial charge on any atom is -0.357 e. The zero-order chi connectivity index (χ0) is 22.5. The van der Waals surface area contributed by atoms with Gasteiger partial charge in [0.1, 0.15) is 0 Å². The van der Waals surface area contributed by atoms with Gasteiger partial charge in [-0.25, -0.2) is 4.98 Å². The van der Waals surface area contributed by atoms with Crippen molar-refractivity contribution in [3.05, 3.63) is 11.1 Å². The molecule has 30 heavy (non-hydrogen) atoms. The van der Waals surface area contributed by atoms with Gasteiger partial charge in [-0.1, -0.05) is 13.8 Å². The Kier molecular flexibility index (Phi) is 7.67. The Balaban J connectivity index is 2.33. The van der Waals surface area contributed by atoms with Gasteiger partial charge in [0.05, 0.1) is 5.69 Å². The first-order chi connectivity index (χ1) is 14.2. The molecule has 2 rings (SSSR count). The monoisotopic (exact) mass is 432 g/mol. The first-order valence-electron chi connectivity index (χ1n) is 9.75. The number of hydrogen-bond acceptors (Lipinski definition) is 7. The molecule has 0 saturated heterocycles. The van der Waals surface area contributed by atoms with E-state index in [1.165, 1.54) is 35.1 Å². The van der Waals surface area contributed by atoms with Gasteiger partial charge in [-0.3, -0.25) is 19.3 Å². The maximum atomic E-state index is 13.0. The maximum absolute atomic E-state index is 13.0. The smallest absolute Gasteiger partial charge is 0.248 e. The van der Waals surface area contributed by atoms with Crippen molar-refractivity contribution < 1.29 is 14.4 Å². The molecule has 1 unspecified atom stereocenters. The van der Waals surface area contributed by atoms with Gasteiger partial charge in [0.2, 0.25) is 17.7 Å². The molecule has 1 aromatic rings. The van der Waals surface area contributed by atoms with Crippen molar-refractivity contribution in [3.8, 4) is 12.3 Å². The number of thiazole rings is 1.